The number of carboxylic acids is 1. The van der Waals surface area contributed by atoms with Crippen LogP contribution in [-0.4, -0.2) is 53.9 Å². The molecule has 0 unspecified atom stereocenters. The largest absolute Gasteiger partial charge is 0.495 e. The quantitative estimate of drug-likeness (QED) is 0.403. The summed E-state index contributed by atoms with van der Waals surface area (Å²) in [5.41, 5.74) is 3.72. The molecular formula is C28H31N3O6. The highest BCUT2D eigenvalue weighted by molar-refractivity contribution is 5.95. The summed E-state index contributed by atoms with van der Waals surface area (Å²) in [5.74, 6) is 0.317. The molecule has 0 aliphatic carbocycles. The molecule has 1 saturated heterocycles. The number of carboxylic acid groups (broad SMARTS) is 1. The van der Waals surface area contributed by atoms with Gasteiger partial charge in [0, 0.05) is 18.0 Å². The number of methoxy groups -OCH3 is 1. The lowest BCUT2D eigenvalue weighted by molar-refractivity contribution is -0.145. The summed E-state index contributed by atoms with van der Waals surface area (Å²) in [4.78, 5) is 27.7. The number of hydrogen-bond donors (Lipinski definition) is 3. The molecule has 194 valence electrons. The summed E-state index contributed by atoms with van der Waals surface area (Å²) in [5, 5.41) is 16.9. The number of carbonyl (C=O) groups is 2. The lowest BCUT2D eigenvalue weighted by Gasteiger charge is -2.37. The van der Waals surface area contributed by atoms with Crippen molar-refractivity contribution in [2.45, 2.75) is 56.9 Å². The summed E-state index contributed by atoms with van der Waals surface area (Å²) >= 11 is 0. The molecule has 2 aliphatic heterocycles. The van der Waals surface area contributed by atoms with Crippen LogP contribution in [0.4, 0.5) is 5.69 Å². The van der Waals surface area contributed by atoms with E-state index in [0.717, 1.165) is 47.9 Å². The predicted octanol–water partition coefficient (Wildman–Crippen LogP) is 3.69. The zero-order valence-electron chi connectivity index (χ0n) is 20.7. The molecule has 9 nitrogen and oxygen atoms in total. The Labute approximate surface area is 215 Å². The van der Waals surface area contributed by atoms with Crippen molar-refractivity contribution >= 4 is 28.5 Å². The highest BCUT2D eigenvalue weighted by Gasteiger charge is 2.32. The Bertz CT molecular complexity index is 1300. The van der Waals surface area contributed by atoms with Gasteiger partial charge in [-0.25, -0.2) is 0 Å². The van der Waals surface area contributed by atoms with E-state index >= 15 is 0 Å². The van der Waals surface area contributed by atoms with E-state index in [4.69, 9.17) is 14.2 Å². The van der Waals surface area contributed by atoms with Gasteiger partial charge in [-0.3, -0.25) is 14.6 Å². The van der Waals surface area contributed by atoms with Crippen LogP contribution in [0.5, 0.6) is 11.5 Å². The first-order chi connectivity index (χ1) is 18.0. The number of aromatic nitrogens is 1. The molecule has 0 spiro atoms. The lowest BCUT2D eigenvalue weighted by atomic mass is 9.92. The third-order valence-corrected chi connectivity index (χ3v) is 7.00. The fourth-order valence-electron chi connectivity index (χ4n) is 5.10. The van der Waals surface area contributed by atoms with Crippen molar-refractivity contribution in [3.05, 3.63) is 59.8 Å². The van der Waals surface area contributed by atoms with Gasteiger partial charge in [0.25, 0.3) is 5.91 Å². The Morgan fingerprint density at radius 3 is 2.97 bits per heavy atom. The maximum absolute atomic E-state index is 11.6. The molecular weight excluding hydrogens is 474 g/mol. The topological polar surface area (TPSA) is 119 Å². The Morgan fingerprint density at radius 1 is 1.24 bits per heavy atom. The number of aliphatic carboxylic acids is 1. The Balaban J connectivity index is 1.21. The van der Waals surface area contributed by atoms with Crippen LogP contribution in [0.2, 0.25) is 0 Å². The van der Waals surface area contributed by atoms with Gasteiger partial charge < -0.3 is 30.0 Å². The standard InChI is InChI=1S/C28H31N3O6/c1-35-20-12-21-18(3-2-4-22(21)30-15-20)6-7-19-8-9-23(26(37-19)13-28(33)34)29-14-17-5-10-25-24(11-17)31-27(32)16-36-25/h2-5,10-12,15,19,23,26,29H,6-9,13-14,16H2,1H3,(H,31,32)(H,33,34)/t19-,23-,26-/m1/s1. The molecule has 1 fully saturated rings. The van der Waals surface area contributed by atoms with Crippen LogP contribution in [-0.2, 0) is 27.3 Å². The minimum atomic E-state index is -0.877. The van der Waals surface area contributed by atoms with Gasteiger partial charge in [-0.2, -0.15) is 0 Å². The second-order valence-corrected chi connectivity index (χ2v) is 9.52. The summed E-state index contributed by atoms with van der Waals surface area (Å²) in [7, 11) is 1.63. The first kappa shape index (κ1) is 25.0. The molecule has 0 saturated carbocycles. The molecule has 1 amide bonds. The minimum Gasteiger partial charge on any atom is -0.495 e. The van der Waals surface area contributed by atoms with Gasteiger partial charge in [-0.05, 0) is 61.1 Å². The predicted molar refractivity (Wildman–Crippen MR) is 138 cm³/mol. The van der Waals surface area contributed by atoms with Gasteiger partial charge in [0.05, 0.1) is 43.1 Å². The molecule has 3 N–H and O–H groups in total. The van der Waals surface area contributed by atoms with Crippen molar-refractivity contribution in [2.75, 3.05) is 19.0 Å². The maximum atomic E-state index is 11.6. The Kier molecular flexibility index (Phi) is 7.52. The highest BCUT2D eigenvalue weighted by atomic mass is 16.5. The highest BCUT2D eigenvalue weighted by Crippen LogP contribution is 2.30. The summed E-state index contributed by atoms with van der Waals surface area (Å²) in [6, 6.07) is 13.7. The van der Waals surface area contributed by atoms with Crippen molar-refractivity contribution in [2.24, 2.45) is 0 Å². The van der Waals surface area contributed by atoms with Crippen LogP contribution in [0.25, 0.3) is 10.9 Å². The number of nitrogens with zero attached hydrogens (tertiary/aromatic N) is 1. The number of aryl methyl sites for hydroxylation is 1. The molecule has 3 heterocycles. The van der Waals surface area contributed by atoms with Crippen LogP contribution >= 0.6 is 0 Å². The van der Waals surface area contributed by atoms with Gasteiger partial charge in [-0.1, -0.05) is 18.2 Å². The number of anilines is 1. The molecule has 2 aromatic carbocycles. The summed E-state index contributed by atoms with van der Waals surface area (Å²) < 4.78 is 17.1. The summed E-state index contributed by atoms with van der Waals surface area (Å²) in [6.07, 6.45) is 4.47. The van der Waals surface area contributed by atoms with E-state index in [1.807, 2.05) is 36.4 Å². The van der Waals surface area contributed by atoms with E-state index in [9.17, 15) is 14.7 Å². The zero-order valence-corrected chi connectivity index (χ0v) is 20.7. The fraction of sp³-hybridized carbons (Fsp3) is 0.393. The Hall–Kier alpha value is -3.69. The lowest BCUT2D eigenvalue weighted by Crippen LogP contribution is -2.48. The first-order valence-corrected chi connectivity index (χ1v) is 12.6. The van der Waals surface area contributed by atoms with Gasteiger partial charge in [-0.15, -0.1) is 0 Å². The van der Waals surface area contributed by atoms with Crippen molar-refractivity contribution in [3.8, 4) is 11.5 Å². The third-order valence-electron chi connectivity index (χ3n) is 7.00. The second kappa shape index (κ2) is 11.1. The number of benzene rings is 2. The average molecular weight is 506 g/mol. The van der Waals surface area contributed by atoms with Crippen LogP contribution in [0.15, 0.2) is 48.7 Å². The smallest absolute Gasteiger partial charge is 0.306 e. The van der Waals surface area contributed by atoms with Crippen LogP contribution in [0.1, 0.15) is 36.8 Å². The van der Waals surface area contributed by atoms with E-state index in [1.165, 1.54) is 5.56 Å². The van der Waals surface area contributed by atoms with Gasteiger partial charge in [0.1, 0.15) is 11.5 Å². The second-order valence-electron chi connectivity index (χ2n) is 9.52. The number of hydrogen-bond acceptors (Lipinski definition) is 7. The van der Waals surface area contributed by atoms with E-state index in [2.05, 4.69) is 21.7 Å². The molecule has 2 aliphatic rings. The van der Waals surface area contributed by atoms with E-state index in [0.29, 0.717) is 18.0 Å². The fourth-order valence-corrected chi connectivity index (χ4v) is 5.10. The minimum absolute atomic E-state index is 0.0210. The molecule has 0 radical (unpaired) electrons. The molecule has 5 rings (SSSR count). The number of carbonyl (C=O) groups excluding carboxylic acids is 1. The van der Waals surface area contributed by atoms with Crippen molar-refractivity contribution in [1.82, 2.24) is 10.3 Å². The summed E-state index contributed by atoms with van der Waals surface area (Å²) in [6.45, 7) is 0.552. The molecule has 9 heteroatoms. The van der Waals surface area contributed by atoms with E-state index in [-0.39, 0.29) is 31.1 Å². The average Bonchev–Trinajstić information content (AvgIpc) is 2.90. The molecule has 3 aromatic rings. The van der Waals surface area contributed by atoms with Crippen LogP contribution < -0.4 is 20.1 Å². The molecule has 0 bridgehead atoms. The SMILES string of the molecule is COc1cnc2cccc(CC[C@@H]3CC[C@@H](NCc4ccc5c(c4)NC(=O)CO5)[C@@H](CC(=O)O)O3)c2c1. The number of amides is 1. The monoisotopic (exact) mass is 505 g/mol. The van der Waals surface area contributed by atoms with Crippen LogP contribution in [0.3, 0.4) is 0 Å². The maximum Gasteiger partial charge on any atom is 0.306 e. The zero-order chi connectivity index (χ0) is 25.8. The van der Waals surface area contributed by atoms with Crippen molar-refractivity contribution in [1.29, 1.82) is 0 Å². The van der Waals surface area contributed by atoms with Crippen molar-refractivity contribution < 1.29 is 28.9 Å². The third kappa shape index (κ3) is 6.00. The number of ether oxygens (including phenoxy) is 3. The molecule has 3 atom stereocenters. The number of fused-ring (bicyclic) bond motifs is 2. The molecule has 37 heavy (non-hydrogen) atoms. The number of pyridine rings is 1. The number of nitrogens with one attached hydrogen (secondary N) is 2. The van der Waals surface area contributed by atoms with E-state index < -0.39 is 12.1 Å². The Morgan fingerprint density at radius 2 is 2.14 bits per heavy atom. The van der Waals surface area contributed by atoms with Crippen LogP contribution in [0, 0.1) is 0 Å². The molecule has 1 aromatic heterocycles. The van der Waals surface area contributed by atoms with Gasteiger partial charge >= 0.3 is 5.97 Å². The number of rotatable bonds is 9. The van der Waals surface area contributed by atoms with Crippen molar-refractivity contribution in [3.63, 3.8) is 0 Å². The first-order valence-electron chi connectivity index (χ1n) is 12.6. The van der Waals surface area contributed by atoms with E-state index in [1.54, 1.807) is 13.3 Å². The van der Waals surface area contributed by atoms with Gasteiger partial charge in [0.15, 0.2) is 6.61 Å². The normalized spacial score (nSPS) is 21.1. The van der Waals surface area contributed by atoms with Gasteiger partial charge in [0.2, 0.25) is 0 Å².